The monoisotopic (exact) mass is 277 g/mol. The van der Waals surface area contributed by atoms with Gasteiger partial charge in [0.1, 0.15) is 11.5 Å². The fourth-order valence-corrected chi connectivity index (χ4v) is 3.93. The maximum atomic E-state index is 10.2. The molecule has 1 aromatic rings. The Kier molecular flexibility index (Phi) is 4.28. The molecule has 3 atom stereocenters. The molecular weight excluding hydrogens is 250 g/mol. The minimum atomic E-state index is -0.168. The predicted octanol–water partition coefficient (Wildman–Crippen LogP) is 3.46. The second-order valence-electron chi connectivity index (χ2n) is 6.44. The number of phenols is 2. The van der Waals surface area contributed by atoms with E-state index in [1.54, 1.807) is 6.07 Å². The summed E-state index contributed by atoms with van der Waals surface area (Å²) in [5, 5.41) is 20.0. The average Bonchev–Trinajstić information content (AvgIpc) is 2.38. The molecule has 1 aliphatic carbocycles. The number of benzene rings is 1. The van der Waals surface area contributed by atoms with Gasteiger partial charge in [0.25, 0.3) is 0 Å². The maximum absolute atomic E-state index is 10.2. The predicted molar refractivity (Wildman–Crippen MR) is 82.1 cm³/mol. The van der Waals surface area contributed by atoms with Crippen LogP contribution in [0.2, 0.25) is 0 Å². The molecule has 3 unspecified atom stereocenters. The Labute approximate surface area is 121 Å². The van der Waals surface area contributed by atoms with Crippen LogP contribution in [0.15, 0.2) is 12.1 Å². The number of hydrogen-bond acceptors (Lipinski definition) is 3. The first kappa shape index (κ1) is 15.2. The van der Waals surface area contributed by atoms with Crippen LogP contribution in [0.5, 0.6) is 11.5 Å². The fourth-order valence-electron chi connectivity index (χ4n) is 3.93. The molecule has 0 amide bonds. The highest BCUT2D eigenvalue weighted by atomic mass is 16.3. The van der Waals surface area contributed by atoms with Gasteiger partial charge < -0.3 is 15.9 Å². The Morgan fingerprint density at radius 1 is 1.25 bits per heavy atom. The standard InChI is InChI=1S/C17H27NO2/c1-4-6-11-8-13-14(9-12(19)10-15(13)20)17(3,7-5-2)16(11)18/h9-11,16,19-20H,4-8,18H2,1-3H3. The van der Waals surface area contributed by atoms with Gasteiger partial charge in [-0.05, 0) is 42.4 Å². The van der Waals surface area contributed by atoms with Crippen LogP contribution in [0.1, 0.15) is 57.6 Å². The van der Waals surface area contributed by atoms with Crippen LogP contribution in [0.25, 0.3) is 0 Å². The molecule has 0 fully saturated rings. The van der Waals surface area contributed by atoms with E-state index in [4.69, 9.17) is 5.73 Å². The first-order valence-corrected chi connectivity index (χ1v) is 7.75. The number of fused-ring (bicyclic) bond motifs is 1. The van der Waals surface area contributed by atoms with Crippen molar-refractivity contribution in [1.82, 2.24) is 0 Å². The fraction of sp³-hybridized carbons (Fsp3) is 0.647. The van der Waals surface area contributed by atoms with Gasteiger partial charge in [0.15, 0.2) is 0 Å². The number of nitrogens with two attached hydrogens (primary N) is 1. The molecule has 4 N–H and O–H groups in total. The summed E-state index contributed by atoms with van der Waals surface area (Å²) in [6.45, 7) is 6.51. The van der Waals surface area contributed by atoms with Crippen LogP contribution in [-0.4, -0.2) is 16.3 Å². The molecule has 0 radical (unpaired) electrons. The summed E-state index contributed by atoms with van der Waals surface area (Å²) in [6.07, 6.45) is 5.02. The molecule has 3 nitrogen and oxygen atoms in total. The molecule has 1 aliphatic rings. The van der Waals surface area contributed by atoms with Gasteiger partial charge in [0.05, 0.1) is 0 Å². The van der Waals surface area contributed by atoms with Crippen LogP contribution in [-0.2, 0) is 11.8 Å². The molecule has 0 aliphatic heterocycles. The zero-order chi connectivity index (χ0) is 14.9. The summed E-state index contributed by atoms with van der Waals surface area (Å²) in [5.41, 5.74) is 8.44. The zero-order valence-electron chi connectivity index (χ0n) is 12.8. The Hall–Kier alpha value is -1.22. The molecule has 0 bridgehead atoms. The van der Waals surface area contributed by atoms with Crippen molar-refractivity contribution in [3.63, 3.8) is 0 Å². The Morgan fingerprint density at radius 3 is 2.55 bits per heavy atom. The first-order valence-electron chi connectivity index (χ1n) is 7.75. The largest absolute Gasteiger partial charge is 0.508 e. The normalized spacial score (nSPS) is 29.2. The van der Waals surface area contributed by atoms with E-state index in [-0.39, 0.29) is 23.0 Å². The lowest BCUT2D eigenvalue weighted by Gasteiger charge is -2.46. The minimum absolute atomic E-state index is 0.0797. The van der Waals surface area contributed by atoms with E-state index in [9.17, 15) is 10.2 Å². The van der Waals surface area contributed by atoms with Gasteiger partial charge in [-0.15, -0.1) is 0 Å². The van der Waals surface area contributed by atoms with E-state index >= 15 is 0 Å². The van der Waals surface area contributed by atoms with Crippen molar-refractivity contribution in [2.75, 3.05) is 0 Å². The van der Waals surface area contributed by atoms with Gasteiger partial charge in [0.2, 0.25) is 0 Å². The topological polar surface area (TPSA) is 66.5 Å². The molecule has 1 aromatic carbocycles. The van der Waals surface area contributed by atoms with E-state index in [0.29, 0.717) is 5.92 Å². The number of hydrogen-bond donors (Lipinski definition) is 3. The van der Waals surface area contributed by atoms with Crippen LogP contribution in [0.4, 0.5) is 0 Å². The number of rotatable bonds is 4. The van der Waals surface area contributed by atoms with Crippen LogP contribution >= 0.6 is 0 Å². The van der Waals surface area contributed by atoms with Crippen LogP contribution in [0, 0.1) is 5.92 Å². The van der Waals surface area contributed by atoms with Crippen LogP contribution < -0.4 is 5.73 Å². The van der Waals surface area contributed by atoms with Gasteiger partial charge in [-0.1, -0.05) is 33.6 Å². The highest BCUT2D eigenvalue weighted by molar-refractivity contribution is 5.51. The molecule has 0 saturated heterocycles. The Bertz CT molecular complexity index is 486. The van der Waals surface area contributed by atoms with E-state index in [1.165, 1.54) is 6.07 Å². The number of aromatic hydroxyl groups is 2. The lowest BCUT2D eigenvalue weighted by atomic mass is 9.61. The lowest BCUT2D eigenvalue weighted by molar-refractivity contribution is 0.221. The third-order valence-corrected chi connectivity index (χ3v) is 4.97. The van der Waals surface area contributed by atoms with E-state index in [0.717, 1.165) is 43.2 Å². The summed E-state index contributed by atoms with van der Waals surface area (Å²) in [6, 6.07) is 3.33. The molecular formula is C17H27NO2. The molecule has 2 rings (SSSR count). The van der Waals surface area contributed by atoms with Crippen molar-refractivity contribution in [1.29, 1.82) is 0 Å². The van der Waals surface area contributed by atoms with Gasteiger partial charge in [0, 0.05) is 17.5 Å². The Balaban J connectivity index is 2.55. The van der Waals surface area contributed by atoms with Gasteiger partial charge in [-0.2, -0.15) is 0 Å². The van der Waals surface area contributed by atoms with Gasteiger partial charge in [-0.25, -0.2) is 0 Å². The Morgan fingerprint density at radius 2 is 1.95 bits per heavy atom. The zero-order valence-corrected chi connectivity index (χ0v) is 12.8. The minimum Gasteiger partial charge on any atom is -0.508 e. The molecule has 0 aromatic heterocycles. The van der Waals surface area contributed by atoms with Crippen molar-refractivity contribution in [2.45, 2.75) is 64.3 Å². The summed E-state index contributed by atoms with van der Waals surface area (Å²) >= 11 is 0. The van der Waals surface area contributed by atoms with Gasteiger partial charge >= 0.3 is 0 Å². The van der Waals surface area contributed by atoms with Crippen molar-refractivity contribution in [2.24, 2.45) is 11.7 Å². The molecule has 3 heteroatoms. The van der Waals surface area contributed by atoms with E-state index in [2.05, 4.69) is 20.8 Å². The first-order chi connectivity index (χ1) is 9.43. The van der Waals surface area contributed by atoms with E-state index in [1.807, 2.05) is 0 Å². The third kappa shape index (κ3) is 2.39. The van der Waals surface area contributed by atoms with Crippen molar-refractivity contribution < 1.29 is 10.2 Å². The highest BCUT2D eigenvalue weighted by Gasteiger charge is 2.43. The van der Waals surface area contributed by atoms with E-state index < -0.39 is 0 Å². The summed E-state index contributed by atoms with van der Waals surface area (Å²) < 4.78 is 0. The summed E-state index contributed by atoms with van der Waals surface area (Å²) in [4.78, 5) is 0. The second-order valence-corrected chi connectivity index (χ2v) is 6.44. The number of phenolic OH excluding ortho intramolecular Hbond substituents is 2. The quantitative estimate of drug-likeness (QED) is 0.789. The summed E-state index contributed by atoms with van der Waals surface area (Å²) in [5.74, 6) is 0.750. The molecule has 0 saturated carbocycles. The second kappa shape index (κ2) is 5.65. The highest BCUT2D eigenvalue weighted by Crippen LogP contribution is 2.47. The maximum Gasteiger partial charge on any atom is 0.122 e. The van der Waals surface area contributed by atoms with Crippen molar-refractivity contribution in [3.05, 3.63) is 23.3 Å². The average molecular weight is 277 g/mol. The lowest BCUT2D eigenvalue weighted by Crippen LogP contribution is -2.52. The van der Waals surface area contributed by atoms with Crippen LogP contribution in [0.3, 0.4) is 0 Å². The smallest absolute Gasteiger partial charge is 0.122 e. The van der Waals surface area contributed by atoms with Crippen molar-refractivity contribution >= 4 is 0 Å². The SMILES string of the molecule is CCCC1Cc2c(O)cc(O)cc2C(C)(CCC)C1N. The van der Waals surface area contributed by atoms with Gasteiger partial charge in [-0.3, -0.25) is 0 Å². The molecule has 0 heterocycles. The van der Waals surface area contributed by atoms with Crippen molar-refractivity contribution in [3.8, 4) is 11.5 Å². The molecule has 20 heavy (non-hydrogen) atoms. The molecule has 112 valence electrons. The third-order valence-electron chi connectivity index (χ3n) is 4.97. The summed E-state index contributed by atoms with van der Waals surface area (Å²) in [7, 11) is 0. The molecule has 0 spiro atoms.